The van der Waals surface area contributed by atoms with E-state index in [1.54, 1.807) is 0 Å². The molecule has 1 N–H and O–H groups in total. The van der Waals surface area contributed by atoms with Crippen LogP contribution < -0.4 is 5.32 Å². The Hall–Kier alpha value is 0.660. The fourth-order valence-corrected chi connectivity index (χ4v) is 4.40. The van der Waals surface area contributed by atoms with Gasteiger partial charge in [-0.25, -0.2) is 0 Å². The summed E-state index contributed by atoms with van der Waals surface area (Å²) < 4.78 is 0. The predicted molar refractivity (Wildman–Crippen MR) is 63.8 cm³/mol. The van der Waals surface area contributed by atoms with Gasteiger partial charge >= 0.3 is 0 Å². The highest BCUT2D eigenvalue weighted by molar-refractivity contribution is 8.00. The Bertz CT molecular complexity index is 140. The van der Waals surface area contributed by atoms with E-state index in [0.29, 0.717) is 0 Å². The zero-order chi connectivity index (χ0) is 8.93. The molecule has 2 saturated heterocycles. The van der Waals surface area contributed by atoms with Crippen molar-refractivity contribution in [3.05, 3.63) is 0 Å². The van der Waals surface area contributed by atoms with Crippen molar-refractivity contribution in [3.63, 3.8) is 0 Å². The lowest BCUT2D eigenvalue weighted by Crippen LogP contribution is -2.35. The first-order valence-corrected chi connectivity index (χ1v) is 7.58. The van der Waals surface area contributed by atoms with Gasteiger partial charge in [-0.15, -0.1) is 0 Å². The van der Waals surface area contributed by atoms with Gasteiger partial charge in [-0.3, -0.25) is 0 Å². The lowest BCUT2D eigenvalue weighted by molar-refractivity contribution is 0.529. The Kier molecular flexibility index (Phi) is 4.32. The summed E-state index contributed by atoms with van der Waals surface area (Å²) in [4.78, 5) is 0. The molecule has 2 heterocycles. The van der Waals surface area contributed by atoms with Crippen LogP contribution in [0.5, 0.6) is 0 Å². The number of thioether (sulfide) groups is 2. The maximum atomic E-state index is 3.71. The molecule has 1 nitrogen and oxygen atoms in total. The van der Waals surface area contributed by atoms with E-state index in [2.05, 4.69) is 28.8 Å². The van der Waals surface area contributed by atoms with Crippen LogP contribution in [0, 0.1) is 0 Å². The third kappa shape index (κ3) is 3.37. The normalized spacial score (nSPS) is 35.1. The number of rotatable bonds is 3. The Morgan fingerprint density at radius 2 is 2.15 bits per heavy atom. The Morgan fingerprint density at radius 1 is 1.15 bits per heavy atom. The van der Waals surface area contributed by atoms with Crippen LogP contribution in [0.3, 0.4) is 0 Å². The molecule has 76 valence electrons. The van der Waals surface area contributed by atoms with Gasteiger partial charge < -0.3 is 5.32 Å². The van der Waals surface area contributed by atoms with Crippen LogP contribution in [0.4, 0.5) is 0 Å². The second-order valence-corrected chi connectivity index (χ2v) is 6.52. The molecule has 3 heteroatoms. The maximum Gasteiger partial charge on any atom is 0.0172 e. The summed E-state index contributed by atoms with van der Waals surface area (Å²) in [5.74, 6) is 4.11. The van der Waals surface area contributed by atoms with Gasteiger partial charge in [-0.1, -0.05) is 6.42 Å². The third-order valence-corrected chi connectivity index (χ3v) is 5.40. The van der Waals surface area contributed by atoms with Crippen molar-refractivity contribution in [2.45, 2.75) is 37.0 Å². The van der Waals surface area contributed by atoms with Gasteiger partial charge in [0.15, 0.2) is 0 Å². The monoisotopic (exact) mass is 217 g/mol. The Balaban J connectivity index is 1.60. The Labute approximate surface area is 89.8 Å². The van der Waals surface area contributed by atoms with Gasteiger partial charge in [-0.05, 0) is 30.8 Å². The van der Waals surface area contributed by atoms with E-state index in [9.17, 15) is 0 Å². The number of nitrogens with one attached hydrogen (secondary N) is 1. The lowest BCUT2D eigenvalue weighted by atomic mass is 10.2. The maximum absolute atomic E-state index is 3.71. The van der Waals surface area contributed by atoms with Crippen molar-refractivity contribution in [2.75, 3.05) is 23.8 Å². The molecule has 0 spiro atoms. The zero-order valence-corrected chi connectivity index (χ0v) is 9.76. The van der Waals surface area contributed by atoms with Crippen LogP contribution in [-0.2, 0) is 0 Å². The first kappa shape index (κ1) is 10.2. The Morgan fingerprint density at radius 3 is 2.85 bits per heavy atom. The van der Waals surface area contributed by atoms with E-state index in [1.165, 1.54) is 49.5 Å². The summed E-state index contributed by atoms with van der Waals surface area (Å²) in [7, 11) is 0. The van der Waals surface area contributed by atoms with E-state index in [4.69, 9.17) is 0 Å². The summed E-state index contributed by atoms with van der Waals surface area (Å²) in [5, 5.41) is 4.63. The smallest absolute Gasteiger partial charge is 0.0172 e. The molecule has 0 aromatic carbocycles. The number of hydrogen-bond donors (Lipinski definition) is 1. The van der Waals surface area contributed by atoms with Crippen LogP contribution in [-0.4, -0.2) is 35.1 Å². The van der Waals surface area contributed by atoms with Gasteiger partial charge in [0.2, 0.25) is 0 Å². The second-order valence-electron chi connectivity index (χ2n) is 3.96. The third-order valence-electron chi connectivity index (χ3n) is 2.84. The molecule has 2 aliphatic rings. The minimum absolute atomic E-state index is 0.826. The van der Waals surface area contributed by atoms with Gasteiger partial charge in [-0.2, -0.15) is 23.5 Å². The summed E-state index contributed by atoms with van der Waals surface area (Å²) in [6.07, 6.45) is 5.73. The summed E-state index contributed by atoms with van der Waals surface area (Å²) in [6, 6.07) is 0.826. The van der Waals surface area contributed by atoms with E-state index in [1.807, 2.05) is 0 Å². The molecular weight excluding hydrogens is 198 g/mol. The van der Waals surface area contributed by atoms with Crippen LogP contribution in [0.15, 0.2) is 0 Å². The fourth-order valence-electron chi connectivity index (χ4n) is 1.96. The van der Waals surface area contributed by atoms with E-state index in [-0.39, 0.29) is 0 Å². The summed E-state index contributed by atoms with van der Waals surface area (Å²) in [6.45, 7) is 1.26. The molecule has 2 rings (SSSR count). The second kappa shape index (κ2) is 5.52. The van der Waals surface area contributed by atoms with Crippen molar-refractivity contribution >= 4 is 23.5 Å². The molecule has 2 atom stereocenters. The molecular formula is C10H19NS2. The van der Waals surface area contributed by atoms with Crippen LogP contribution >= 0.6 is 23.5 Å². The largest absolute Gasteiger partial charge is 0.312 e. The molecule has 0 aromatic heterocycles. The summed E-state index contributed by atoms with van der Waals surface area (Å²) in [5.41, 5.74) is 0. The minimum atomic E-state index is 0.826. The molecule has 13 heavy (non-hydrogen) atoms. The van der Waals surface area contributed by atoms with Gasteiger partial charge in [0, 0.05) is 23.6 Å². The lowest BCUT2D eigenvalue weighted by Gasteiger charge is -2.23. The highest BCUT2D eigenvalue weighted by atomic mass is 32.2. The van der Waals surface area contributed by atoms with Crippen LogP contribution in [0.1, 0.15) is 25.7 Å². The minimum Gasteiger partial charge on any atom is -0.312 e. The molecule has 2 fully saturated rings. The molecule has 0 aromatic rings. The van der Waals surface area contributed by atoms with Crippen molar-refractivity contribution in [1.82, 2.24) is 5.32 Å². The first-order valence-electron chi connectivity index (χ1n) is 5.38. The topological polar surface area (TPSA) is 12.0 Å². The fraction of sp³-hybridized carbons (Fsp3) is 1.00. The number of hydrogen-bond acceptors (Lipinski definition) is 3. The van der Waals surface area contributed by atoms with Crippen molar-refractivity contribution < 1.29 is 0 Å². The average Bonchev–Trinajstić information content (AvgIpc) is 2.69. The van der Waals surface area contributed by atoms with Gasteiger partial charge in [0.1, 0.15) is 0 Å². The molecule has 0 saturated carbocycles. The van der Waals surface area contributed by atoms with Crippen molar-refractivity contribution in [1.29, 1.82) is 0 Å². The standard InChI is InChI=1S/C10H19NS2/c1-2-5-13-10(3-1)7-11-9-4-6-12-8-9/h9-11H,1-8H2. The first-order chi connectivity index (χ1) is 6.45. The molecule has 0 bridgehead atoms. The quantitative estimate of drug-likeness (QED) is 0.779. The van der Waals surface area contributed by atoms with Crippen molar-refractivity contribution in [2.24, 2.45) is 0 Å². The predicted octanol–water partition coefficient (Wildman–Crippen LogP) is 2.37. The average molecular weight is 217 g/mol. The highest BCUT2D eigenvalue weighted by Gasteiger charge is 2.18. The highest BCUT2D eigenvalue weighted by Crippen LogP contribution is 2.25. The van der Waals surface area contributed by atoms with Crippen LogP contribution in [0.25, 0.3) is 0 Å². The van der Waals surface area contributed by atoms with Gasteiger partial charge in [0.25, 0.3) is 0 Å². The van der Waals surface area contributed by atoms with Crippen molar-refractivity contribution in [3.8, 4) is 0 Å². The molecule has 2 aliphatic heterocycles. The van der Waals surface area contributed by atoms with Gasteiger partial charge in [0.05, 0.1) is 0 Å². The molecule has 0 amide bonds. The SMILES string of the molecule is C1CCC(CNC2CCSC2)SC1. The molecule has 0 aliphatic carbocycles. The molecule has 0 radical (unpaired) electrons. The van der Waals surface area contributed by atoms with Crippen LogP contribution in [0.2, 0.25) is 0 Å². The zero-order valence-electron chi connectivity index (χ0n) is 8.13. The van der Waals surface area contributed by atoms with E-state index in [0.717, 1.165) is 11.3 Å². The van der Waals surface area contributed by atoms with E-state index >= 15 is 0 Å². The van der Waals surface area contributed by atoms with E-state index < -0.39 is 0 Å². The molecule has 2 unspecified atom stereocenters. The summed E-state index contributed by atoms with van der Waals surface area (Å²) >= 11 is 4.28.